The van der Waals surface area contributed by atoms with Crippen LogP contribution in [-0.4, -0.2) is 34.0 Å². The van der Waals surface area contributed by atoms with E-state index in [9.17, 15) is 19.6 Å². The molecule has 3 unspecified atom stereocenters. The molecule has 2 heterocycles. The summed E-state index contributed by atoms with van der Waals surface area (Å²) in [7, 11) is 0. The largest absolute Gasteiger partial charge is 0.298 e. The normalized spacial score (nSPS) is 21.9. The van der Waals surface area contributed by atoms with Crippen LogP contribution < -0.4 is 0 Å². The second-order valence-corrected chi connectivity index (χ2v) is 9.01. The van der Waals surface area contributed by atoms with E-state index < -0.39 is 5.92 Å². The van der Waals surface area contributed by atoms with E-state index in [4.69, 9.17) is 11.6 Å². The van der Waals surface area contributed by atoms with Crippen LogP contribution in [0.15, 0.2) is 29.6 Å². The number of aromatic nitrogens is 1. The van der Waals surface area contributed by atoms with Crippen molar-refractivity contribution >= 4 is 40.5 Å². The lowest BCUT2D eigenvalue weighted by Gasteiger charge is -2.19. The summed E-state index contributed by atoms with van der Waals surface area (Å²) in [6, 6.07) is 9.19. The molecular formula is C22H20ClN3O3S. The van der Waals surface area contributed by atoms with E-state index in [1.165, 1.54) is 16.2 Å². The molecule has 1 aliphatic heterocycles. The summed E-state index contributed by atoms with van der Waals surface area (Å²) in [5.41, 5.74) is 1.52. The Hall–Kier alpha value is -2.56. The molecular weight excluding hydrogens is 422 g/mol. The first kappa shape index (κ1) is 20.7. The Bertz CT molecular complexity index is 1000. The molecule has 1 saturated heterocycles. The molecule has 1 saturated carbocycles. The van der Waals surface area contributed by atoms with Gasteiger partial charge < -0.3 is 0 Å². The summed E-state index contributed by atoms with van der Waals surface area (Å²) >= 11 is 7.16. The maximum atomic E-state index is 12.7. The van der Waals surface area contributed by atoms with Gasteiger partial charge in [-0.3, -0.25) is 19.3 Å². The van der Waals surface area contributed by atoms with Gasteiger partial charge in [-0.2, -0.15) is 5.26 Å². The summed E-state index contributed by atoms with van der Waals surface area (Å²) in [4.78, 5) is 43.5. The number of imide groups is 1. The van der Waals surface area contributed by atoms with Crippen molar-refractivity contribution in [1.82, 2.24) is 9.88 Å². The zero-order valence-corrected chi connectivity index (χ0v) is 17.8. The summed E-state index contributed by atoms with van der Waals surface area (Å²) < 4.78 is 0. The Balaban J connectivity index is 1.42. The number of nitrogens with zero attached hydrogens (tertiary/aromatic N) is 3. The van der Waals surface area contributed by atoms with E-state index in [0.717, 1.165) is 31.2 Å². The number of nitriles is 1. The van der Waals surface area contributed by atoms with Crippen molar-refractivity contribution in [3.63, 3.8) is 0 Å². The molecule has 4 rings (SSSR count). The van der Waals surface area contributed by atoms with Gasteiger partial charge in [0.15, 0.2) is 11.7 Å². The number of amides is 2. The van der Waals surface area contributed by atoms with Crippen LogP contribution in [0.25, 0.3) is 11.3 Å². The molecule has 0 bridgehead atoms. The third kappa shape index (κ3) is 3.90. The fourth-order valence-electron chi connectivity index (χ4n) is 4.26. The maximum absolute atomic E-state index is 12.7. The number of fused-ring (bicyclic) bond motifs is 1. The van der Waals surface area contributed by atoms with E-state index in [-0.39, 0.29) is 42.4 Å². The van der Waals surface area contributed by atoms with Gasteiger partial charge in [-0.25, -0.2) is 4.98 Å². The average Bonchev–Trinajstić information content (AvgIpc) is 3.32. The van der Waals surface area contributed by atoms with E-state index in [2.05, 4.69) is 4.98 Å². The fraction of sp³-hybridized carbons (Fsp3) is 0.409. The molecule has 8 heteroatoms. The second kappa shape index (κ2) is 8.66. The van der Waals surface area contributed by atoms with Crippen LogP contribution in [0.1, 0.15) is 43.0 Å². The molecule has 1 aromatic carbocycles. The van der Waals surface area contributed by atoms with Gasteiger partial charge in [0.05, 0.1) is 23.6 Å². The zero-order chi connectivity index (χ0) is 21.3. The monoisotopic (exact) mass is 441 g/mol. The molecule has 3 atom stereocenters. The first-order valence-corrected chi connectivity index (χ1v) is 11.2. The van der Waals surface area contributed by atoms with Crippen LogP contribution in [0.4, 0.5) is 0 Å². The molecule has 2 amide bonds. The quantitative estimate of drug-likeness (QED) is 0.626. The third-order valence-corrected chi connectivity index (χ3v) is 7.04. The van der Waals surface area contributed by atoms with E-state index in [0.29, 0.717) is 15.7 Å². The predicted molar refractivity (Wildman–Crippen MR) is 113 cm³/mol. The van der Waals surface area contributed by atoms with Gasteiger partial charge in [-0.15, -0.1) is 11.3 Å². The molecule has 2 fully saturated rings. The number of rotatable bonds is 6. The highest BCUT2D eigenvalue weighted by Gasteiger charge is 2.48. The molecule has 154 valence electrons. The highest BCUT2D eigenvalue weighted by atomic mass is 35.5. The maximum Gasteiger partial charge on any atom is 0.233 e. The lowest BCUT2D eigenvalue weighted by molar-refractivity contribution is -0.140. The number of ketones is 1. The minimum absolute atomic E-state index is 0.0367. The highest BCUT2D eigenvalue weighted by Crippen LogP contribution is 2.38. The molecule has 2 aliphatic rings. The van der Waals surface area contributed by atoms with Crippen molar-refractivity contribution in [1.29, 1.82) is 5.26 Å². The van der Waals surface area contributed by atoms with Crippen molar-refractivity contribution in [3.05, 3.63) is 39.7 Å². The zero-order valence-electron chi connectivity index (χ0n) is 16.2. The number of Topliss-reactive ketones (excluding diaryl/α,β-unsaturated/α-hetero) is 1. The van der Waals surface area contributed by atoms with E-state index >= 15 is 0 Å². The van der Waals surface area contributed by atoms with Crippen molar-refractivity contribution in [2.75, 3.05) is 6.54 Å². The first-order valence-electron chi connectivity index (χ1n) is 9.98. The summed E-state index contributed by atoms with van der Waals surface area (Å²) in [6.07, 6.45) is 3.37. The fourth-order valence-corrected chi connectivity index (χ4v) is 5.27. The molecule has 2 aromatic rings. The number of benzene rings is 1. The Morgan fingerprint density at radius 2 is 1.83 bits per heavy atom. The second-order valence-electron chi connectivity index (χ2n) is 7.68. The Labute approximate surface area is 183 Å². The molecule has 0 spiro atoms. The van der Waals surface area contributed by atoms with Gasteiger partial charge in [-0.1, -0.05) is 36.6 Å². The number of hydrogen-bond donors (Lipinski definition) is 0. The average molecular weight is 442 g/mol. The van der Waals surface area contributed by atoms with Crippen molar-refractivity contribution < 1.29 is 14.4 Å². The Morgan fingerprint density at radius 1 is 1.20 bits per heavy atom. The molecule has 1 aromatic heterocycles. The van der Waals surface area contributed by atoms with Crippen molar-refractivity contribution in [3.8, 4) is 17.3 Å². The minimum Gasteiger partial charge on any atom is -0.298 e. The smallest absolute Gasteiger partial charge is 0.233 e. The molecule has 1 aliphatic carbocycles. The van der Waals surface area contributed by atoms with Gasteiger partial charge in [0, 0.05) is 28.9 Å². The highest BCUT2D eigenvalue weighted by molar-refractivity contribution is 7.10. The number of hydrogen-bond acceptors (Lipinski definition) is 6. The van der Waals surface area contributed by atoms with Gasteiger partial charge in [-0.05, 0) is 25.0 Å². The predicted octanol–water partition coefficient (Wildman–Crippen LogP) is 4.21. The van der Waals surface area contributed by atoms with Crippen LogP contribution in [-0.2, 0) is 14.4 Å². The van der Waals surface area contributed by atoms with Crippen molar-refractivity contribution in [2.45, 2.75) is 38.0 Å². The lowest BCUT2D eigenvalue weighted by Crippen LogP contribution is -2.33. The van der Waals surface area contributed by atoms with Crippen LogP contribution in [0.5, 0.6) is 0 Å². The lowest BCUT2D eigenvalue weighted by atomic mass is 9.81. The van der Waals surface area contributed by atoms with Crippen LogP contribution in [0.2, 0.25) is 5.02 Å². The van der Waals surface area contributed by atoms with Crippen molar-refractivity contribution in [2.24, 2.45) is 11.8 Å². The molecule has 0 N–H and O–H groups in total. The van der Waals surface area contributed by atoms with Crippen LogP contribution in [0, 0.1) is 23.2 Å². The SMILES string of the molecule is N#CC(C(=O)CCN1C(=O)C2CCCCC2C1=O)c1nc(-c2ccc(Cl)cc2)cs1. The molecule has 6 nitrogen and oxygen atoms in total. The number of carbonyl (C=O) groups excluding carboxylic acids is 3. The van der Waals surface area contributed by atoms with Gasteiger partial charge in [0.2, 0.25) is 11.8 Å². The topological polar surface area (TPSA) is 91.1 Å². The number of carbonyl (C=O) groups is 3. The van der Waals surface area contributed by atoms with Gasteiger partial charge in [0.1, 0.15) is 5.01 Å². The summed E-state index contributed by atoms with van der Waals surface area (Å²) in [5.74, 6) is -2.12. The van der Waals surface area contributed by atoms with Crippen LogP contribution >= 0.6 is 22.9 Å². The number of thiazole rings is 1. The Kier molecular flexibility index (Phi) is 5.98. The minimum atomic E-state index is -1.01. The number of likely N-dealkylation sites (tertiary alicyclic amines) is 1. The number of halogens is 1. The first-order chi connectivity index (χ1) is 14.5. The van der Waals surface area contributed by atoms with Crippen LogP contribution in [0.3, 0.4) is 0 Å². The molecule has 0 radical (unpaired) electrons. The van der Waals surface area contributed by atoms with Gasteiger partial charge >= 0.3 is 0 Å². The van der Waals surface area contributed by atoms with E-state index in [1.807, 2.05) is 18.2 Å². The third-order valence-electron chi connectivity index (χ3n) is 5.87. The van der Waals surface area contributed by atoms with E-state index in [1.54, 1.807) is 17.5 Å². The van der Waals surface area contributed by atoms with Gasteiger partial charge in [0.25, 0.3) is 0 Å². The summed E-state index contributed by atoms with van der Waals surface area (Å²) in [6.45, 7) is 0.0388. The summed E-state index contributed by atoms with van der Waals surface area (Å²) in [5, 5.41) is 12.4. The molecule has 30 heavy (non-hydrogen) atoms. The Morgan fingerprint density at radius 3 is 2.43 bits per heavy atom. The standard InChI is InChI=1S/C22H20ClN3O3S/c23-14-7-5-13(6-8-14)18-12-30-20(25-18)17(11-24)19(27)9-10-26-21(28)15-3-1-2-4-16(15)22(26)29/h5-8,12,15-17H,1-4,9-10H2.